The molecule has 2 atom stereocenters. The molecule has 3 rings (SSSR count). The number of hydrogen-bond acceptors (Lipinski definition) is 5. The van der Waals surface area contributed by atoms with Gasteiger partial charge in [0.1, 0.15) is 11.5 Å². The lowest BCUT2D eigenvalue weighted by Crippen LogP contribution is -2.55. The third-order valence-electron chi connectivity index (χ3n) is 5.17. The molecule has 128 valence electrons. The van der Waals surface area contributed by atoms with E-state index in [1.807, 2.05) is 12.1 Å². The minimum Gasteiger partial charge on any atom is -0.497 e. The normalized spacial score (nSPS) is 28.2. The van der Waals surface area contributed by atoms with Gasteiger partial charge in [0.25, 0.3) is 0 Å². The molecular weight excluding hydrogens is 294 g/mol. The highest BCUT2D eigenvalue weighted by atomic mass is 16.6. The number of rotatable bonds is 5. The van der Waals surface area contributed by atoms with Crippen molar-refractivity contribution in [1.82, 2.24) is 4.90 Å². The largest absolute Gasteiger partial charge is 0.497 e. The Morgan fingerprint density at radius 2 is 2.09 bits per heavy atom. The number of hydrogen-bond donors (Lipinski definition) is 0. The number of nitrogens with zero attached hydrogens (tertiary/aromatic N) is 1. The molecule has 0 aromatic heterocycles. The number of ether oxygens (including phenoxy) is 4. The van der Waals surface area contributed by atoms with Crippen LogP contribution in [-0.2, 0) is 16.0 Å². The third-order valence-corrected chi connectivity index (χ3v) is 5.17. The van der Waals surface area contributed by atoms with Crippen molar-refractivity contribution in [2.24, 2.45) is 0 Å². The standard InChI is InChI=1S/C18H27NO4/c1-20-15-6-5-14(16(11-15)21-2)12-19-9-8-18(7-4-10-23-18)17(13-19)22-3/h5-6,11,17H,4,7-10,12-13H2,1-3H3/t17-,18-/m0/s1. The molecule has 23 heavy (non-hydrogen) atoms. The lowest BCUT2D eigenvalue weighted by atomic mass is 9.85. The van der Waals surface area contributed by atoms with E-state index in [0.29, 0.717) is 0 Å². The van der Waals surface area contributed by atoms with Crippen LogP contribution in [0.4, 0.5) is 0 Å². The summed E-state index contributed by atoms with van der Waals surface area (Å²) in [5.41, 5.74) is 1.11. The summed E-state index contributed by atoms with van der Waals surface area (Å²) in [5, 5.41) is 0. The topological polar surface area (TPSA) is 40.2 Å². The first-order chi connectivity index (χ1) is 11.2. The first kappa shape index (κ1) is 16.6. The molecule has 2 aliphatic heterocycles. The van der Waals surface area contributed by atoms with Crippen molar-refractivity contribution in [1.29, 1.82) is 0 Å². The third kappa shape index (κ3) is 3.32. The summed E-state index contributed by atoms with van der Waals surface area (Å²) < 4.78 is 22.6. The summed E-state index contributed by atoms with van der Waals surface area (Å²) in [5.74, 6) is 1.69. The molecule has 0 saturated carbocycles. The van der Waals surface area contributed by atoms with Gasteiger partial charge >= 0.3 is 0 Å². The Morgan fingerprint density at radius 1 is 1.22 bits per heavy atom. The zero-order chi connectivity index (χ0) is 16.3. The first-order valence-electron chi connectivity index (χ1n) is 8.31. The van der Waals surface area contributed by atoms with Crippen molar-refractivity contribution >= 4 is 0 Å². The van der Waals surface area contributed by atoms with Crippen LogP contribution in [0.2, 0.25) is 0 Å². The second-order valence-electron chi connectivity index (χ2n) is 6.40. The van der Waals surface area contributed by atoms with Crippen molar-refractivity contribution in [2.75, 3.05) is 41.0 Å². The Kier molecular flexibility index (Phi) is 5.09. The maximum Gasteiger partial charge on any atom is 0.127 e. The van der Waals surface area contributed by atoms with Gasteiger partial charge in [-0.3, -0.25) is 4.90 Å². The molecule has 1 aromatic carbocycles. The number of benzene rings is 1. The van der Waals surface area contributed by atoms with Crippen LogP contribution in [0.15, 0.2) is 18.2 Å². The Hall–Kier alpha value is -1.30. The predicted molar refractivity (Wildman–Crippen MR) is 88.2 cm³/mol. The van der Waals surface area contributed by atoms with E-state index in [0.717, 1.165) is 57.0 Å². The summed E-state index contributed by atoms with van der Waals surface area (Å²) in [4.78, 5) is 2.42. The Balaban J connectivity index is 1.69. The van der Waals surface area contributed by atoms with Gasteiger partial charge in [-0.05, 0) is 25.3 Å². The molecule has 0 aliphatic carbocycles. The van der Waals surface area contributed by atoms with E-state index in [2.05, 4.69) is 11.0 Å². The molecule has 0 unspecified atom stereocenters. The van der Waals surface area contributed by atoms with Crippen LogP contribution in [-0.4, -0.2) is 57.6 Å². The van der Waals surface area contributed by atoms with E-state index in [1.54, 1.807) is 21.3 Å². The van der Waals surface area contributed by atoms with Crippen molar-refractivity contribution in [3.63, 3.8) is 0 Å². The zero-order valence-corrected chi connectivity index (χ0v) is 14.3. The SMILES string of the molecule is COc1ccc(CN2CC[C@@]3(CCCO3)[C@@H](OC)C2)c(OC)c1. The van der Waals surface area contributed by atoms with Crippen LogP contribution >= 0.6 is 0 Å². The summed E-state index contributed by atoms with van der Waals surface area (Å²) in [6.07, 6.45) is 3.43. The van der Waals surface area contributed by atoms with Gasteiger partial charge in [-0.1, -0.05) is 6.07 Å². The molecule has 1 aromatic rings. The number of methoxy groups -OCH3 is 3. The fourth-order valence-electron chi connectivity index (χ4n) is 3.83. The highest BCUT2D eigenvalue weighted by Crippen LogP contribution is 2.38. The average Bonchev–Trinajstić information content (AvgIpc) is 3.06. The molecule has 2 aliphatic rings. The second-order valence-corrected chi connectivity index (χ2v) is 6.40. The van der Waals surface area contributed by atoms with Crippen molar-refractivity contribution < 1.29 is 18.9 Å². The maximum atomic E-state index is 6.07. The molecule has 1 spiro atoms. The van der Waals surface area contributed by atoms with Gasteiger partial charge in [-0.2, -0.15) is 0 Å². The Labute approximate surface area is 138 Å². The quantitative estimate of drug-likeness (QED) is 0.833. The van der Waals surface area contributed by atoms with Crippen LogP contribution in [0, 0.1) is 0 Å². The minimum atomic E-state index is -0.0603. The zero-order valence-electron chi connectivity index (χ0n) is 14.3. The molecule has 2 saturated heterocycles. The summed E-state index contributed by atoms with van der Waals surface area (Å²) in [7, 11) is 5.17. The lowest BCUT2D eigenvalue weighted by Gasteiger charge is -2.44. The van der Waals surface area contributed by atoms with E-state index in [4.69, 9.17) is 18.9 Å². The van der Waals surface area contributed by atoms with Crippen LogP contribution in [0.25, 0.3) is 0 Å². The fraction of sp³-hybridized carbons (Fsp3) is 0.667. The van der Waals surface area contributed by atoms with Crippen LogP contribution in [0.5, 0.6) is 11.5 Å². The predicted octanol–water partition coefficient (Wildman–Crippen LogP) is 2.47. The Bertz CT molecular complexity index is 528. The number of likely N-dealkylation sites (tertiary alicyclic amines) is 1. The molecule has 2 heterocycles. The van der Waals surface area contributed by atoms with Crippen LogP contribution < -0.4 is 9.47 Å². The summed E-state index contributed by atoms with van der Waals surface area (Å²) in [6.45, 7) is 3.63. The van der Waals surface area contributed by atoms with Gasteiger partial charge in [0.15, 0.2) is 0 Å². The van der Waals surface area contributed by atoms with Crippen molar-refractivity contribution in [3.8, 4) is 11.5 Å². The van der Waals surface area contributed by atoms with E-state index in [1.165, 1.54) is 5.56 Å². The molecule has 2 fully saturated rings. The highest BCUT2D eigenvalue weighted by molar-refractivity contribution is 5.40. The molecule has 0 radical (unpaired) electrons. The maximum absolute atomic E-state index is 6.07. The first-order valence-corrected chi connectivity index (χ1v) is 8.31. The van der Waals surface area contributed by atoms with Gasteiger partial charge < -0.3 is 18.9 Å². The molecule has 0 amide bonds. The van der Waals surface area contributed by atoms with E-state index in [9.17, 15) is 0 Å². The van der Waals surface area contributed by atoms with E-state index < -0.39 is 0 Å². The Morgan fingerprint density at radius 3 is 2.74 bits per heavy atom. The molecule has 0 N–H and O–H groups in total. The monoisotopic (exact) mass is 321 g/mol. The van der Waals surface area contributed by atoms with Crippen LogP contribution in [0.3, 0.4) is 0 Å². The van der Waals surface area contributed by atoms with Gasteiger partial charge in [0, 0.05) is 45.0 Å². The van der Waals surface area contributed by atoms with Gasteiger partial charge in [-0.15, -0.1) is 0 Å². The van der Waals surface area contributed by atoms with E-state index in [-0.39, 0.29) is 11.7 Å². The smallest absolute Gasteiger partial charge is 0.127 e. The van der Waals surface area contributed by atoms with Gasteiger partial charge in [-0.25, -0.2) is 0 Å². The minimum absolute atomic E-state index is 0.0603. The highest BCUT2D eigenvalue weighted by Gasteiger charge is 2.46. The molecule has 5 nitrogen and oxygen atoms in total. The van der Waals surface area contributed by atoms with Crippen molar-refractivity contribution in [2.45, 2.75) is 37.5 Å². The van der Waals surface area contributed by atoms with Crippen molar-refractivity contribution in [3.05, 3.63) is 23.8 Å². The second kappa shape index (κ2) is 7.07. The lowest BCUT2D eigenvalue weighted by molar-refractivity contribution is -0.143. The van der Waals surface area contributed by atoms with Crippen LogP contribution in [0.1, 0.15) is 24.8 Å². The van der Waals surface area contributed by atoms with E-state index >= 15 is 0 Å². The average molecular weight is 321 g/mol. The molecule has 0 bridgehead atoms. The number of piperidine rings is 1. The fourth-order valence-corrected chi connectivity index (χ4v) is 3.83. The van der Waals surface area contributed by atoms with Gasteiger partial charge in [0.2, 0.25) is 0 Å². The molecule has 5 heteroatoms. The van der Waals surface area contributed by atoms with Gasteiger partial charge in [0.05, 0.1) is 25.9 Å². The summed E-state index contributed by atoms with van der Waals surface area (Å²) in [6, 6.07) is 6.00. The molecular formula is C18H27NO4. The summed E-state index contributed by atoms with van der Waals surface area (Å²) >= 11 is 0.